The van der Waals surface area contributed by atoms with E-state index in [4.69, 9.17) is 5.10 Å². The number of nitrogens with one attached hydrogen (secondary N) is 1. The van der Waals surface area contributed by atoms with Gasteiger partial charge in [0, 0.05) is 24.0 Å². The Labute approximate surface area is 174 Å². The van der Waals surface area contributed by atoms with E-state index in [9.17, 15) is 9.90 Å². The molecule has 0 aliphatic rings. The van der Waals surface area contributed by atoms with Gasteiger partial charge in [0.1, 0.15) is 5.82 Å². The predicted octanol–water partition coefficient (Wildman–Crippen LogP) is 5.30. The van der Waals surface area contributed by atoms with Gasteiger partial charge in [0.2, 0.25) is 0 Å². The zero-order chi connectivity index (χ0) is 21.3. The molecule has 0 aliphatic carbocycles. The van der Waals surface area contributed by atoms with E-state index in [0.29, 0.717) is 11.5 Å². The van der Waals surface area contributed by atoms with Crippen LogP contribution in [0.1, 0.15) is 27.0 Å². The molecule has 0 amide bonds. The molecule has 0 saturated heterocycles. The molecular weight excluding hydrogens is 376 g/mol. The highest BCUT2D eigenvalue weighted by molar-refractivity contribution is 5.96. The quantitative estimate of drug-likeness (QED) is 0.477. The zero-order valence-corrected chi connectivity index (χ0v) is 17.0. The maximum atomic E-state index is 11.8. The van der Waals surface area contributed by atoms with Crippen LogP contribution in [0.4, 0.5) is 11.5 Å². The number of hydrogen-bond acceptors (Lipinski definition) is 4. The third-order valence-electron chi connectivity index (χ3n) is 5.03. The summed E-state index contributed by atoms with van der Waals surface area (Å²) in [5, 5.41) is 17.8. The number of hydrogen-bond donors (Lipinski definition) is 2. The van der Waals surface area contributed by atoms with Gasteiger partial charge >= 0.3 is 5.97 Å². The fourth-order valence-corrected chi connectivity index (χ4v) is 3.56. The van der Waals surface area contributed by atoms with Gasteiger partial charge in [0.25, 0.3) is 0 Å². The number of aromatic nitrogens is 3. The van der Waals surface area contributed by atoms with E-state index in [0.717, 1.165) is 33.6 Å². The van der Waals surface area contributed by atoms with Crippen molar-refractivity contribution in [2.24, 2.45) is 0 Å². The van der Waals surface area contributed by atoms with E-state index >= 15 is 0 Å². The highest BCUT2D eigenvalue weighted by Gasteiger charge is 2.18. The number of aromatic carboxylic acids is 1. The van der Waals surface area contributed by atoms with Crippen molar-refractivity contribution in [2.75, 3.05) is 5.32 Å². The largest absolute Gasteiger partial charge is 0.478 e. The molecule has 0 radical (unpaired) electrons. The molecule has 0 bridgehead atoms. The first-order valence-electron chi connectivity index (χ1n) is 9.62. The molecule has 0 atom stereocenters. The van der Waals surface area contributed by atoms with Gasteiger partial charge in [0.05, 0.1) is 22.6 Å². The number of carboxylic acids is 1. The van der Waals surface area contributed by atoms with Crippen molar-refractivity contribution in [3.8, 4) is 16.9 Å². The molecule has 0 fully saturated rings. The molecule has 2 heterocycles. The molecule has 2 aromatic heterocycles. The van der Waals surface area contributed by atoms with Crippen LogP contribution < -0.4 is 5.32 Å². The second kappa shape index (κ2) is 7.83. The average molecular weight is 398 g/mol. The third kappa shape index (κ3) is 3.55. The molecule has 0 unspecified atom stereocenters. The Hall–Kier alpha value is -3.93. The van der Waals surface area contributed by atoms with E-state index in [1.165, 1.54) is 0 Å². The summed E-state index contributed by atoms with van der Waals surface area (Å²) < 4.78 is 1.83. The lowest BCUT2D eigenvalue weighted by molar-refractivity contribution is 0.0698. The number of aryl methyl sites for hydroxylation is 3. The van der Waals surface area contributed by atoms with Crippen LogP contribution in [0.3, 0.4) is 0 Å². The summed E-state index contributed by atoms with van der Waals surface area (Å²) in [5.41, 5.74) is 6.24. The minimum atomic E-state index is -0.980. The molecule has 6 nitrogen and oxygen atoms in total. The van der Waals surface area contributed by atoms with Gasteiger partial charge < -0.3 is 10.4 Å². The molecule has 0 aliphatic heterocycles. The number of anilines is 2. The Balaban J connectivity index is 1.92. The van der Waals surface area contributed by atoms with Crippen molar-refractivity contribution in [1.29, 1.82) is 0 Å². The SMILES string of the molecule is Cc1cccc(C(=O)O)c1Nc1cc(-c2ccccc2)nn1-c1c(C)cncc1C. The van der Waals surface area contributed by atoms with Crippen LogP contribution in [0.25, 0.3) is 16.9 Å². The van der Waals surface area contributed by atoms with Crippen LogP contribution in [0.2, 0.25) is 0 Å². The first kappa shape index (κ1) is 19.4. The molecule has 2 N–H and O–H groups in total. The third-order valence-corrected chi connectivity index (χ3v) is 5.03. The van der Waals surface area contributed by atoms with Crippen molar-refractivity contribution in [3.63, 3.8) is 0 Å². The lowest BCUT2D eigenvalue weighted by atomic mass is 10.1. The highest BCUT2D eigenvalue weighted by atomic mass is 16.4. The van der Waals surface area contributed by atoms with Crippen LogP contribution in [0.15, 0.2) is 67.0 Å². The number of rotatable bonds is 5. The lowest BCUT2D eigenvalue weighted by Crippen LogP contribution is -2.10. The molecule has 4 rings (SSSR count). The Bertz CT molecular complexity index is 1210. The average Bonchev–Trinajstić information content (AvgIpc) is 3.13. The van der Waals surface area contributed by atoms with Crippen LogP contribution in [0, 0.1) is 20.8 Å². The summed E-state index contributed by atoms with van der Waals surface area (Å²) in [6, 6.07) is 17.1. The number of pyridine rings is 1. The standard InChI is InChI=1S/C24H22N4O2/c1-15-8-7-11-19(24(29)30)22(15)26-21-12-20(18-9-5-4-6-10-18)27-28(21)23-16(2)13-25-14-17(23)3/h4-14,26H,1-3H3,(H,29,30). The fraction of sp³-hybridized carbons (Fsp3) is 0.125. The Morgan fingerprint density at radius 3 is 2.30 bits per heavy atom. The summed E-state index contributed by atoms with van der Waals surface area (Å²) in [4.78, 5) is 16.0. The maximum absolute atomic E-state index is 11.8. The first-order valence-corrected chi connectivity index (χ1v) is 9.62. The molecule has 2 aromatic carbocycles. The topological polar surface area (TPSA) is 80.0 Å². The van der Waals surface area contributed by atoms with Crippen molar-refractivity contribution < 1.29 is 9.90 Å². The van der Waals surface area contributed by atoms with Crippen LogP contribution >= 0.6 is 0 Å². The van der Waals surface area contributed by atoms with Crippen molar-refractivity contribution in [2.45, 2.75) is 20.8 Å². The molecule has 6 heteroatoms. The van der Waals surface area contributed by atoms with E-state index in [1.807, 2.05) is 67.9 Å². The molecule has 150 valence electrons. The van der Waals surface area contributed by atoms with Crippen LogP contribution in [0.5, 0.6) is 0 Å². The summed E-state index contributed by atoms with van der Waals surface area (Å²) in [6.45, 7) is 5.86. The fourth-order valence-electron chi connectivity index (χ4n) is 3.56. The van der Waals surface area contributed by atoms with Crippen LogP contribution in [-0.4, -0.2) is 25.8 Å². The number of carboxylic acid groups (broad SMARTS) is 1. The molecular formula is C24H22N4O2. The van der Waals surface area contributed by atoms with Gasteiger partial charge in [-0.3, -0.25) is 4.98 Å². The maximum Gasteiger partial charge on any atom is 0.337 e. The number of para-hydroxylation sites is 1. The monoisotopic (exact) mass is 398 g/mol. The van der Waals surface area contributed by atoms with Gasteiger partial charge in [-0.05, 0) is 43.5 Å². The summed E-state index contributed by atoms with van der Waals surface area (Å²) in [5.74, 6) is -0.296. The lowest BCUT2D eigenvalue weighted by Gasteiger charge is -2.16. The molecule has 0 saturated carbocycles. The summed E-state index contributed by atoms with van der Waals surface area (Å²) >= 11 is 0. The van der Waals surface area contributed by atoms with E-state index in [2.05, 4.69) is 10.3 Å². The van der Waals surface area contributed by atoms with Crippen molar-refractivity contribution in [1.82, 2.24) is 14.8 Å². The highest BCUT2D eigenvalue weighted by Crippen LogP contribution is 2.31. The Kier molecular flexibility index (Phi) is 5.06. The van der Waals surface area contributed by atoms with Gasteiger partial charge in [-0.2, -0.15) is 5.10 Å². The van der Waals surface area contributed by atoms with Crippen molar-refractivity contribution >= 4 is 17.5 Å². The second-order valence-corrected chi connectivity index (χ2v) is 7.24. The predicted molar refractivity (Wildman–Crippen MR) is 118 cm³/mol. The van der Waals surface area contributed by atoms with E-state index < -0.39 is 5.97 Å². The molecule has 30 heavy (non-hydrogen) atoms. The zero-order valence-electron chi connectivity index (χ0n) is 17.0. The van der Waals surface area contributed by atoms with Gasteiger partial charge in [-0.25, -0.2) is 9.48 Å². The summed E-state index contributed by atoms with van der Waals surface area (Å²) in [6.07, 6.45) is 3.60. The van der Waals surface area contributed by atoms with E-state index in [1.54, 1.807) is 24.5 Å². The van der Waals surface area contributed by atoms with Crippen LogP contribution in [-0.2, 0) is 0 Å². The van der Waals surface area contributed by atoms with Crippen molar-refractivity contribution in [3.05, 3.63) is 89.2 Å². The minimum absolute atomic E-state index is 0.215. The molecule has 0 spiro atoms. The normalized spacial score (nSPS) is 10.8. The first-order chi connectivity index (χ1) is 14.5. The Morgan fingerprint density at radius 2 is 1.63 bits per heavy atom. The number of carbonyl (C=O) groups is 1. The second-order valence-electron chi connectivity index (χ2n) is 7.24. The molecule has 4 aromatic rings. The number of benzene rings is 2. The van der Waals surface area contributed by atoms with Gasteiger partial charge in [-0.15, -0.1) is 0 Å². The number of nitrogens with zero attached hydrogens (tertiary/aromatic N) is 3. The van der Waals surface area contributed by atoms with Gasteiger partial charge in [-0.1, -0.05) is 42.5 Å². The van der Waals surface area contributed by atoms with Gasteiger partial charge in [0.15, 0.2) is 0 Å². The smallest absolute Gasteiger partial charge is 0.337 e. The minimum Gasteiger partial charge on any atom is -0.478 e. The Morgan fingerprint density at radius 1 is 0.933 bits per heavy atom. The van der Waals surface area contributed by atoms with E-state index in [-0.39, 0.29) is 5.56 Å². The summed E-state index contributed by atoms with van der Waals surface area (Å²) in [7, 11) is 0.